The lowest BCUT2D eigenvalue weighted by Crippen LogP contribution is -2.21. The Morgan fingerprint density at radius 2 is 2.05 bits per heavy atom. The molecule has 0 aliphatic heterocycles. The van der Waals surface area contributed by atoms with Gasteiger partial charge in [0.15, 0.2) is 0 Å². The Labute approximate surface area is 129 Å². The van der Waals surface area contributed by atoms with E-state index in [-0.39, 0.29) is 5.91 Å². The Morgan fingerprint density at radius 3 is 2.80 bits per heavy atom. The van der Waals surface area contributed by atoms with Crippen molar-refractivity contribution in [3.63, 3.8) is 0 Å². The van der Waals surface area contributed by atoms with Crippen LogP contribution in [0.1, 0.15) is 14.5 Å². The van der Waals surface area contributed by atoms with Gasteiger partial charge in [-0.3, -0.25) is 4.79 Å². The third-order valence-electron chi connectivity index (χ3n) is 2.82. The first-order valence-corrected chi connectivity index (χ1v) is 7.94. The van der Waals surface area contributed by atoms with Gasteiger partial charge in [0.1, 0.15) is 0 Å². The summed E-state index contributed by atoms with van der Waals surface area (Å²) in [5.74, 6) is -0.0747. The maximum atomic E-state index is 12.1. The van der Waals surface area contributed by atoms with Crippen LogP contribution >= 0.6 is 34.3 Å². The van der Waals surface area contributed by atoms with E-state index in [2.05, 4.69) is 5.32 Å². The van der Waals surface area contributed by atoms with E-state index in [1.54, 1.807) is 0 Å². The average Bonchev–Trinajstić information content (AvgIpc) is 3.01. The van der Waals surface area contributed by atoms with E-state index in [0.29, 0.717) is 17.1 Å². The van der Waals surface area contributed by atoms with Gasteiger partial charge in [-0.15, -0.1) is 22.7 Å². The molecule has 0 aliphatic rings. The number of nitrogens with two attached hydrogens (primary N) is 1. The van der Waals surface area contributed by atoms with Gasteiger partial charge in [0, 0.05) is 15.3 Å². The molecule has 2 aromatic heterocycles. The van der Waals surface area contributed by atoms with Crippen molar-refractivity contribution in [1.29, 1.82) is 0 Å². The zero-order chi connectivity index (χ0) is 14.1. The molecule has 0 spiro atoms. The average molecular weight is 323 g/mol. The molecule has 2 heterocycles. The summed E-state index contributed by atoms with van der Waals surface area (Å²) >= 11 is 8.79. The summed E-state index contributed by atoms with van der Waals surface area (Å²) in [6, 6.07) is 11.3. The number of halogens is 1. The minimum Gasteiger partial charge on any atom is -0.399 e. The van der Waals surface area contributed by atoms with Crippen LogP contribution < -0.4 is 11.1 Å². The highest BCUT2D eigenvalue weighted by molar-refractivity contribution is 7.20. The molecular weight excluding hydrogens is 312 g/mol. The molecule has 20 heavy (non-hydrogen) atoms. The van der Waals surface area contributed by atoms with Gasteiger partial charge in [0.25, 0.3) is 5.91 Å². The minimum atomic E-state index is -0.0747. The second-order valence-electron chi connectivity index (χ2n) is 4.30. The third kappa shape index (κ3) is 2.80. The number of anilines is 1. The molecule has 0 saturated carbocycles. The van der Waals surface area contributed by atoms with Crippen molar-refractivity contribution in [2.75, 3.05) is 5.73 Å². The van der Waals surface area contributed by atoms with Gasteiger partial charge in [-0.2, -0.15) is 0 Å². The van der Waals surface area contributed by atoms with Gasteiger partial charge < -0.3 is 11.1 Å². The molecule has 3 rings (SSSR count). The Kier molecular flexibility index (Phi) is 3.65. The lowest BCUT2D eigenvalue weighted by Gasteiger charge is -2.00. The fraction of sp³-hybridized carbons (Fsp3) is 0.0714. The van der Waals surface area contributed by atoms with Crippen LogP contribution in [0.3, 0.4) is 0 Å². The van der Waals surface area contributed by atoms with Crippen LogP contribution in [0, 0.1) is 0 Å². The summed E-state index contributed by atoms with van der Waals surface area (Å²) in [7, 11) is 0. The Balaban J connectivity index is 1.75. The molecule has 3 nitrogen and oxygen atoms in total. The highest BCUT2D eigenvalue weighted by Crippen LogP contribution is 2.27. The largest absolute Gasteiger partial charge is 0.399 e. The summed E-state index contributed by atoms with van der Waals surface area (Å²) in [4.78, 5) is 13.8. The van der Waals surface area contributed by atoms with Crippen molar-refractivity contribution < 1.29 is 4.79 Å². The van der Waals surface area contributed by atoms with E-state index in [1.807, 2.05) is 36.4 Å². The van der Waals surface area contributed by atoms with Crippen LogP contribution in [0.4, 0.5) is 5.69 Å². The lowest BCUT2D eigenvalue weighted by molar-refractivity contribution is 0.0955. The fourth-order valence-corrected chi connectivity index (χ4v) is 3.86. The van der Waals surface area contributed by atoms with Crippen molar-refractivity contribution in [3.05, 3.63) is 50.5 Å². The molecule has 0 saturated heterocycles. The quantitative estimate of drug-likeness (QED) is 0.712. The molecular formula is C14H11ClN2OS2. The SMILES string of the molecule is Nc1ccc2sc(C(=O)NCc3ccc(Cl)s3)cc2c1. The summed E-state index contributed by atoms with van der Waals surface area (Å²) in [6.07, 6.45) is 0. The Morgan fingerprint density at radius 1 is 1.20 bits per heavy atom. The van der Waals surface area contributed by atoms with E-state index in [0.717, 1.165) is 19.3 Å². The minimum absolute atomic E-state index is 0.0747. The maximum absolute atomic E-state index is 12.1. The van der Waals surface area contributed by atoms with Crippen LogP contribution in [0.25, 0.3) is 10.1 Å². The molecule has 0 aliphatic carbocycles. The van der Waals surface area contributed by atoms with Crippen LogP contribution in [0.15, 0.2) is 36.4 Å². The lowest BCUT2D eigenvalue weighted by atomic mass is 10.2. The van der Waals surface area contributed by atoms with Crippen molar-refractivity contribution in [3.8, 4) is 0 Å². The number of thiophene rings is 2. The van der Waals surface area contributed by atoms with Gasteiger partial charge in [-0.25, -0.2) is 0 Å². The number of carbonyl (C=O) groups excluding carboxylic acids is 1. The topological polar surface area (TPSA) is 55.1 Å². The third-order valence-corrected chi connectivity index (χ3v) is 5.16. The molecule has 102 valence electrons. The van der Waals surface area contributed by atoms with Crippen LogP contribution in [0.2, 0.25) is 4.34 Å². The first kappa shape index (κ1) is 13.4. The normalized spacial score (nSPS) is 10.8. The fourth-order valence-electron chi connectivity index (χ4n) is 1.87. The second-order valence-corrected chi connectivity index (χ2v) is 7.18. The highest BCUT2D eigenvalue weighted by atomic mass is 35.5. The van der Waals surface area contributed by atoms with Gasteiger partial charge in [-0.05, 0) is 41.8 Å². The molecule has 1 aromatic carbocycles. The number of nitrogen functional groups attached to an aromatic ring is 1. The van der Waals surface area contributed by atoms with E-state index < -0.39 is 0 Å². The smallest absolute Gasteiger partial charge is 0.261 e. The van der Waals surface area contributed by atoms with Gasteiger partial charge >= 0.3 is 0 Å². The van der Waals surface area contributed by atoms with E-state index in [9.17, 15) is 4.79 Å². The predicted octanol–water partition coefficient (Wildman–Crippen LogP) is 4.13. The zero-order valence-electron chi connectivity index (χ0n) is 10.4. The molecule has 6 heteroatoms. The second kappa shape index (κ2) is 5.44. The van der Waals surface area contributed by atoms with Crippen LogP contribution in [-0.4, -0.2) is 5.91 Å². The van der Waals surface area contributed by atoms with Crippen molar-refractivity contribution in [2.45, 2.75) is 6.54 Å². The van der Waals surface area contributed by atoms with Crippen molar-refractivity contribution in [2.24, 2.45) is 0 Å². The molecule has 1 amide bonds. The predicted molar refractivity (Wildman–Crippen MR) is 86.7 cm³/mol. The maximum Gasteiger partial charge on any atom is 0.261 e. The molecule has 3 aromatic rings. The molecule has 3 N–H and O–H groups in total. The molecule has 0 atom stereocenters. The zero-order valence-corrected chi connectivity index (χ0v) is 12.7. The van der Waals surface area contributed by atoms with Gasteiger partial charge in [0.2, 0.25) is 0 Å². The summed E-state index contributed by atoms with van der Waals surface area (Å²) in [6.45, 7) is 0.493. The van der Waals surface area contributed by atoms with Crippen LogP contribution in [0.5, 0.6) is 0 Å². The monoisotopic (exact) mass is 322 g/mol. The van der Waals surface area contributed by atoms with Crippen LogP contribution in [-0.2, 0) is 6.54 Å². The number of carbonyl (C=O) groups is 1. The number of nitrogens with one attached hydrogen (secondary N) is 1. The molecule has 0 bridgehead atoms. The van der Waals surface area contributed by atoms with Crippen molar-refractivity contribution >= 4 is 56.0 Å². The van der Waals surface area contributed by atoms with E-state index in [4.69, 9.17) is 17.3 Å². The summed E-state index contributed by atoms with van der Waals surface area (Å²) in [5.41, 5.74) is 6.44. The van der Waals surface area contributed by atoms with Gasteiger partial charge in [-0.1, -0.05) is 11.6 Å². The summed E-state index contributed by atoms with van der Waals surface area (Å²) in [5, 5.41) is 3.90. The number of hydrogen-bond acceptors (Lipinski definition) is 4. The summed E-state index contributed by atoms with van der Waals surface area (Å²) < 4.78 is 1.79. The molecule has 0 unspecified atom stereocenters. The first-order chi connectivity index (χ1) is 9.61. The number of amides is 1. The first-order valence-electron chi connectivity index (χ1n) is 5.93. The molecule has 0 radical (unpaired) electrons. The van der Waals surface area contributed by atoms with Gasteiger partial charge in [0.05, 0.1) is 15.8 Å². The van der Waals surface area contributed by atoms with E-state index in [1.165, 1.54) is 22.7 Å². The van der Waals surface area contributed by atoms with E-state index >= 15 is 0 Å². The molecule has 0 fully saturated rings. The standard InChI is InChI=1S/C14H11ClN2OS2/c15-13-4-2-10(19-13)7-17-14(18)12-6-8-5-9(16)1-3-11(8)20-12/h1-6H,7,16H2,(H,17,18). The van der Waals surface area contributed by atoms with Crippen molar-refractivity contribution in [1.82, 2.24) is 5.32 Å². The number of rotatable bonds is 3. The Hall–Kier alpha value is -1.56. The highest BCUT2D eigenvalue weighted by Gasteiger charge is 2.10. The number of hydrogen-bond donors (Lipinski definition) is 2. The number of fused-ring (bicyclic) bond motifs is 1. The number of benzene rings is 1. The Bertz CT molecular complexity index is 778.